The minimum absolute atomic E-state index is 0.0951. The number of aliphatic carboxylic acids is 1. The second-order valence-corrected chi connectivity index (χ2v) is 4.14. The van der Waals surface area contributed by atoms with E-state index in [1.807, 2.05) is 0 Å². The highest BCUT2D eigenvalue weighted by molar-refractivity contribution is 5.96. The molecule has 112 valence electrons. The first-order valence-corrected chi connectivity index (χ1v) is 6.27. The van der Waals surface area contributed by atoms with Gasteiger partial charge < -0.3 is 15.2 Å². The Morgan fingerprint density at radius 3 is 2.29 bits per heavy atom. The number of rotatable bonds is 7. The van der Waals surface area contributed by atoms with Crippen molar-refractivity contribution in [2.75, 3.05) is 6.54 Å². The van der Waals surface area contributed by atoms with E-state index in [1.165, 1.54) is 0 Å². The van der Waals surface area contributed by atoms with Gasteiger partial charge in [-0.3, -0.25) is 14.4 Å². The van der Waals surface area contributed by atoms with Crippen LogP contribution in [0.1, 0.15) is 29.6 Å². The molecule has 1 amide bonds. The number of esters is 2. The van der Waals surface area contributed by atoms with Crippen molar-refractivity contribution >= 4 is 23.8 Å². The summed E-state index contributed by atoms with van der Waals surface area (Å²) in [5, 5.41) is 10.7. The van der Waals surface area contributed by atoms with Gasteiger partial charge in [-0.05, 0) is 18.6 Å². The molecule has 0 heterocycles. The molecule has 1 aromatic rings. The zero-order valence-electron chi connectivity index (χ0n) is 11.2. The van der Waals surface area contributed by atoms with Crippen molar-refractivity contribution in [2.45, 2.75) is 19.3 Å². The molecular weight excluding hydrogens is 278 g/mol. The highest BCUT2D eigenvalue weighted by Gasteiger charge is 2.13. The fraction of sp³-hybridized carbons (Fsp3) is 0.286. The van der Waals surface area contributed by atoms with Crippen LogP contribution in [0.15, 0.2) is 30.3 Å². The van der Waals surface area contributed by atoms with E-state index in [-0.39, 0.29) is 19.3 Å². The lowest BCUT2D eigenvalue weighted by Gasteiger charge is -2.05. The van der Waals surface area contributed by atoms with E-state index in [0.29, 0.717) is 5.56 Å². The van der Waals surface area contributed by atoms with Gasteiger partial charge in [0.1, 0.15) is 6.54 Å². The summed E-state index contributed by atoms with van der Waals surface area (Å²) in [7, 11) is 0. The van der Waals surface area contributed by atoms with Crippen LogP contribution in [0, 0.1) is 0 Å². The molecule has 0 spiro atoms. The number of hydrogen-bond donors (Lipinski definition) is 2. The minimum atomic E-state index is -1.02. The fourth-order valence-electron chi connectivity index (χ4n) is 1.44. The van der Waals surface area contributed by atoms with Crippen LogP contribution >= 0.6 is 0 Å². The number of nitrogens with one attached hydrogen (secondary N) is 1. The Bertz CT molecular complexity index is 526. The Balaban J connectivity index is 2.26. The molecule has 0 aromatic heterocycles. The quantitative estimate of drug-likeness (QED) is 0.567. The molecule has 7 heteroatoms. The molecule has 2 N–H and O–H groups in total. The molecular formula is C14H15NO6. The number of amides is 1. The van der Waals surface area contributed by atoms with Gasteiger partial charge in [-0.25, -0.2) is 4.79 Å². The van der Waals surface area contributed by atoms with E-state index in [9.17, 15) is 19.2 Å². The fourth-order valence-corrected chi connectivity index (χ4v) is 1.44. The van der Waals surface area contributed by atoms with Crippen molar-refractivity contribution in [1.29, 1.82) is 0 Å². The van der Waals surface area contributed by atoms with Crippen LogP contribution < -0.4 is 5.32 Å². The maximum Gasteiger partial charge on any atom is 0.333 e. The third-order valence-corrected chi connectivity index (χ3v) is 2.43. The molecule has 1 aromatic carbocycles. The number of carbonyl (C=O) groups is 4. The summed E-state index contributed by atoms with van der Waals surface area (Å²) in [5.74, 6) is -3.18. The first-order chi connectivity index (χ1) is 9.99. The van der Waals surface area contributed by atoms with Crippen LogP contribution in [0.2, 0.25) is 0 Å². The molecule has 0 atom stereocenters. The van der Waals surface area contributed by atoms with Crippen LogP contribution in [0.4, 0.5) is 0 Å². The van der Waals surface area contributed by atoms with Crippen LogP contribution in [0.25, 0.3) is 0 Å². The van der Waals surface area contributed by atoms with Gasteiger partial charge >= 0.3 is 17.9 Å². The monoisotopic (exact) mass is 293 g/mol. The van der Waals surface area contributed by atoms with Gasteiger partial charge in [0.2, 0.25) is 0 Å². The van der Waals surface area contributed by atoms with E-state index in [2.05, 4.69) is 10.1 Å². The largest absolute Gasteiger partial charge is 0.481 e. The van der Waals surface area contributed by atoms with Crippen molar-refractivity contribution in [1.82, 2.24) is 5.32 Å². The molecule has 1 rings (SSSR count). The number of carboxylic acid groups (broad SMARTS) is 1. The maximum absolute atomic E-state index is 11.6. The van der Waals surface area contributed by atoms with Crippen LogP contribution in [0.5, 0.6) is 0 Å². The Hall–Kier alpha value is -2.70. The zero-order chi connectivity index (χ0) is 15.7. The number of carboxylic acids is 1. The van der Waals surface area contributed by atoms with Gasteiger partial charge in [-0.1, -0.05) is 18.2 Å². The van der Waals surface area contributed by atoms with E-state index in [1.54, 1.807) is 30.3 Å². The molecule has 0 saturated carbocycles. The molecule has 0 bridgehead atoms. The average Bonchev–Trinajstić information content (AvgIpc) is 2.45. The molecule has 0 unspecified atom stereocenters. The number of ether oxygens (including phenoxy) is 1. The second-order valence-electron chi connectivity index (χ2n) is 4.14. The Morgan fingerprint density at radius 1 is 1.00 bits per heavy atom. The van der Waals surface area contributed by atoms with Gasteiger partial charge in [-0.15, -0.1) is 0 Å². The van der Waals surface area contributed by atoms with Gasteiger partial charge in [0.05, 0.1) is 0 Å². The van der Waals surface area contributed by atoms with E-state index >= 15 is 0 Å². The lowest BCUT2D eigenvalue weighted by atomic mass is 10.2. The normalized spacial score (nSPS) is 9.71. The highest BCUT2D eigenvalue weighted by atomic mass is 16.6. The highest BCUT2D eigenvalue weighted by Crippen LogP contribution is 1.99. The van der Waals surface area contributed by atoms with Crippen molar-refractivity contribution in [3.05, 3.63) is 35.9 Å². The van der Waals surface area contributed by atoms with E-state index in [4.69, 9.17) is 5.11 Å². The Morgan fingerprint density at radius 2 is 1.67 bits per heavy atom. The standard InChI is InChI=1S/C14H15NO6/c16-11(17)7-4-8-12(18)21-13(19)9-15-14(20)10-5-2-1-3-6-10/h1-3,5-6H,4,7-9H2,(H,15,20)(H,16,17). The van der Waals surface area contributed by atoms with E-state index < -0.39 is 30.4 Å². The number of carbonyl (C=O) groups excluding carboxylic acids is 3. The molecule has 0 radical (unpaired) electrons. The summed E-state index contributed by atoms with van der Waals surface area (Å²) in [4.78, 5) is 44.4. The first kappa shape index (κ1) is 16.4. The van der Waals surface area contributed by atoms with Gasteiger partial charge in [0.15, 0.2) is 0 Å². The SMILES string of the molecule is O=C(O)CCCC(=O)OC(=O)CNC(=O)c1ccccc1. The van der Waals surface area contributed by atoms with Crippen LogP contribution in [-0.4, -0.2) is 35.5 Å². The van der Waals surface area contributed by atoms with Crippen molar-refractivity contribution in [3.63, 3.8) is 0 Å². The lowest BCUT2D eigenvalue weighted by molar-refractivity contribution is -0.158. The van der Waals surface area contributed by atoms with E-state index in [0.717, 1.165) is 0 Å². The van der Waals surface area contributed by atoms with Crippen molar-refractivity contribution in [3.8, 4) is 0 Å². The molecule has 7 nitrogen and oxygen atoms in total. The predicted molar refractivity (Wildman–Crippen MR) is 71.4 cm³/mol. The van der Waals surface area contributed by atoms with Crippen LogP contribution in [-0.2, 0) is 19.1 Å². The predicted octanol–water partition coefficient (Wildman–Crippen LogP) is 0.741. The molecule has 0 fully saturated rings. The lowest BCUT2D eigenvalue weighted by Crippen LogP contribution is -2.31. The molecule has 0 aliphatic carbocycles. The summed E-state index contributed by atoms with van der Waals surface area (Å²) in [6.07, 6.45) is -0.240. The van der Waals surface area contributed by atoms with Crippen molar-refractivity contribution in [2.24, 2.45) is 0 Å². The topological polar surface area (TPSA) is 110 Å². The molecule has 21 heavy (non-hydrogen) atoms. The third kappa shape index (κ3) is 6.86. The van der Waals surface area contributed by atoms with Gasteiger partial charge in [0.25, 0.3) is 5.91 Å². The number of benzene rings is 1. The average molecular weight is 293 g/mol. The summed E-state index contributed by atoms with van der Waals surface area (Å²) in [5.41, 5.74) is 0.387. The van der Waals surface area contributed by atoms with Gasteiger partial charge in [0, 0.05) is 18.4 Å². The second kappa shape index (κ2) is 8.47. The maximum atomic E-state index is 11.6. The van der Waals surface area contributed by atoms with Crippen LogP contribution in [0.3, 0.4) is 0 Å². The summed E-state index contributed by atoms with van der Waals surface area (Å²) >= 11 is 0. The summed E-state index contributed by atoms with van der Waals surface area (Å²) < 4.78 is 4.43. The third-order valence-electron chi connectivity index (χ3n) is 2.43. The molecule has 0 saturated heterocycles. The first-order valence-electron chi connectivity index (χ1n) is 6.27. The Kier molecular flexibility index (Phi) is 6.59. The van der Waals surface area contributed by atoms with Crippen molar-refractivity contribution < 1.29 is 29.0 Å². The summed E-state index contributed by atoms with van der Waals surface area (Å²) in [6.45, 7) is -0.432. The molecule has 0 aliphatic heterocycles. The minimum Gasteiger partial charge on any atom is -0.481 e. The van der Waals surface area contributed by atoms with Gasteiger partial charge in [-0.2, -0.15) is 0 Å². The smallest absolute Gasteiger partial charge is 0.333 e. The Labute approximate surface area is 120 Å². The zero-order valence-corrected chi connectivity index (χ0v) is 11.2. The molecule has 0 aliphatic rings. The number of hydrogen-bond acceptors (Lipinski definition) is 5. The summed E-state index contributed by atoms with van der Waals surface area (Å²) in [6, 6.07) is 8.27.